The van der Waals surface area contributed by atoms with Gasteiger partial charge in [-0.15, -0.1) is 0 Å². The van der Waals surface area contributed by atoms with Gasteiger partial charge in [0.2, 0.25) is 5.91 Å². The highest BCUT2D eigenvalue weighted by Crippen LogP contribution is 2.27. The largest absolute Gasteiger partial charge is 0.497 e. The number of rotatable bonds is 5. The number of methoxy groups -OCH3 is 1. The molecule has 0 saturated carbocycles. The van der Waals surface area contributed by atoms with Crippen LogP contribution in [0.15, 0.2) is 48.5 Å². The van der Waals surface area contributed by atoms with Crippen LogP contribution in [0.2, 0.25) is 0 Å². The van der Waals surface area contributed by atoms with Crippen molar-refractivity contribution in [2.24, 2.45) is 0 Å². The van der Waals surface area contributed by atoms with Crippen molar-refractivity contribution < 1.29 is 23.5 Å². The van der Waals surface area contributed by atoms with E-state index in [4.69, 9.17) is 9.47 Å². The van der Waals surface area contributed by atoms with Crippen LogP contribution in [0.4, 0.5) is 20.6 Å². The molecule has 0 aliphatic carbocycles. The van der Waals surface area contributed by atoms with Crippen LogP contribution in [0.5, 0.6) is 5.75 Å². The number of ether oxygens (including phenoxy) is 2. The lowest BCUT2D eigenvalue weighted by Crippen LogP contribution is -2.27. The van der Waals surface area contributed by atoms with Crippen molar-refractivity contribution in [1.82, 2.24) is 0 Å². The van der Waals surface area contributed by atoms with Crippen LogP contribution < -0.4 is 15.4 Å². The third kappa shape index (κ3) is 6.75. The summed E-state index contributed by atoms with van der Waals surface area (Å²) in [5, 5.41) is 5.29. The number of halogens is 1. The molecule has 0 aliphatic rings. The molecule has 2 amide bonds. The van der Waals surface area contributed by atoms with Gasteiger partial charge in [-0.05, 0) is 56.7 Å². The van der Waals surface area contributed by atoms with E-state index in [-0.39, 0.29) is 5.82 Å². The smallest absolute Gasteiger partial charge is 0.412 e. The van der Waals surface area contributed by atoms with Crippen LogP contribution >= 0.6 is 0 Å². The molecule has 0 saturated heterocycles. The first-order valence-corrected chi connectivity index (χ1v) is 8.59. The van der Waals surface area contributed by atoms with Crippen molar-refractivity contribution in [2.45, 2.75) is 26.4 Å². The van der Waals surface area contributed by atoms with Gasteiger partial charge in [0.15, 0.2) is 0 Å². The first-order chi connectivity index (χ1) is 13.2. The third-order valence-corrected chi connectivity index (χ3v) is 3.42. The molecule has 7 heteroatoms. The molecule has 0 spiro atoms. The Morgan fingerprint density at radius 2 is 1.68 bits per heavy atom. The molecule has 0 unspecified atom stereocenters. The summed E-state index contributed by atoms with van der Waals surface area (Å²) in [7, 11) is 1.50. The SMILES string of the molecule is COc1ccc(NC(=O)OC(C)(C)C)c(NC(=O)C=Cc2ccc(F)cc2)c1. The topological polar surface area (TPSA) is 76.7 Å². The Balaban J connectivity index is 2.14. The van der Waals surface area contributed by atoms with E-state index in [9.17, 15) is 14.0 Å². The van der Waals surface area contributed by atoms with Crippen LogP contribution in [0, 0.1) is 5.82 Å². The second-order valence-corrected chi connectivity index (χ2v) is 6.91. The summed E-state index contributed by atoms with van der Waals surface area (Å²) in [6.07, 6.45) is 2.22. The maximum absolute atomic E-state index is 12.9. The third-order valence-electron chi connectivity index (χ3n) is 3.42. The van der Waals surface area contributed by atoms with E-state index >= 15 is 0 Å². The van der Waals surface area contributed by atoms with Crippen molar-refractivity contribution in [3.63, 3.8) is 0 Å². The quantitative estimate of drug-likeness (QED) is 0.722. The van der Waals surface area contributed by atoms with Gasteiger partial charge in [-0.25, -0.2) is 9.18 Å². The molecule has 148 valence electrons. The van der Waals surface area contributed by atoms with Gasteiger partial charge in [-0.2, -0.15) is 0 Å². The highest BCUT2D eigenvalue weighted by atomic mass is 19.1. The Bertz CT molecular complexity index is 871. The Labute approximate surface area is 163 Å². The molecule has 0 radical (unpaired) electrons. The molecule has 2 rings (SSSR count). The number of carbonyl (C=O) groups excluding carboxylic acids is 2. The molecule has 2 aromatic rings. The maximum Gasteiger partial charge on any atom is 0.412 e. The molecule has 0 aromatic heterocycles. The number of hydrogen-bond acceptors (Lipinski definition) is 4. The normalized spacial score (nSPS) is 11.2. The molecule has 0 bridgehead atoms. The van der Waals surface area contributed by atoms with E-state index in [0.717, 1.165) is 0 Å². The summed E-state index contributed by atoms with van der Waals surface area (Å²) in [6.45, 7) is 5.26. The average molecular weight is 386 g/mol. The lowest BCUT2D eigenvalue weighted by Gasteiger charge is -2.20. The Morgan fingerprint density at radius 1 is 1.00 bits per heavy atom. The molecule has 0 fully saturated rings. The second-order valence-electron chi connectivity index (χ2n) is 6.91. The van der Waals surface area contributed by atoms with Crippen molar-refractivity contribution in [1.29, 1.82) is 0 Å². The molecule has 0 aliphatic heterocycles. The average Bonchev–Trinajstić information content (AvgIpc) is 2.61. The molecule has 0 heterocycles. The summed E-state index contributed by atoms with van der Waals surface area (Å²) in [5.74, 6) is -0.270. The van der Waals surface area contributed by atoms with Crippen molar-refractivity contribution in [3.05, 3.63) is 59.9 Å². The van der Waals surface area contributed by atoms with Gasteiger partial charge in [0.05, 0.1) is 18.5 Å². The van der Waals surface area contributed by atoms with Crippen LogP contribution in [0.3, 0.4) is 0 Å². The molecular formula is C21H23FN2O4. The minimum atomic E-state index is -0.655. The molecule has 28 heavy (non-hydrogen) atoms. The Morgan fingerprint density at radius 3 is 2.29 bits per heavy atom. The number of carbonyl (C=O) groups is 2. The van der Waals surface area contributed by atoms with E-state index in [0.29, 0.717) is 22.7 Å². The molecular weight excluding hydrogens is 363 g/mol. The number of anilines is 2. The number of hydrogen-bond donors (Lipinski definition) is 2. The van der Waals surface area contributed by atoms with Gasteiger partial charge in [0, 0.05) is 12.1 Å². The predicted octanol–water partition coefficient (Wildman–Crippen LogP) is 4.83. The summed E-state index contributed by atoms with van der Waals surface area (Å²) in [6, 6.07) is 10.6. The molecule has 2 N–H and O–H groups in total. The first kappa shape index (κ1) is 21.0. The van der Waals surface area contributed by atoms with Gasteiger partial charge in [0.1, 0.15) is 17.2 Å². The van der Waals surface area contributed by atoms with Crippen molar-refractivity contribution in [2.75, 3.05) is 17.7 Å². The molecule has 6 nitrogen and oxygen atoms in total. The number of nitrogens with one attached hydrogen (secondary N) is 2. The Kier molecular flexibility index (Phi) is 6.76. The molecule has 2 aromatic carbocycles. The zero-order valence-corrected chi connectivity index (χ0v) is 16.2. The van der Waals surface area contributed by atoms with Crippen molar-refractivity contribution >= 4 is 29.5 Å². The van der Waals surface area contributed by atoms with Gasteiger partial charge < -0.3 is 14.8 Å². The fourth-order valence-corrected chi connectivity index (χ4v) is 2.20. The number of benzene rings is 2. The summed E-state index contributed by atoms with van der Waals surface area (Å²) >= 11 is 0. The fourth-order valence-electron chi connectivity index (χ4n) is 2.20. The van der Waals surface area contributed by atoms with E-state index in [1.165, 1.54) is 25.3 Å². The lowest BCUT2D eigenvalue weighted by atomic mass is 10.2. The monoisotopic (exact) mass is 386 g/mol. The molecule has 0 atom stereocenters. The van der Waals surface area contributed by atoms with Gasteiger partial charge in [0.25, 0.3) is 0 Å². The van der Waals surface area contributed by atoms with Crippen LogP contribution in [0.25, 0.3) is 6.08 Å². The zero-order valence-electron chi connectivity index (χ0n) is 16.2. The summed E-state index contributed by atoms with van der Waals surface area (Å²) < 4.78 is 23.3. The standard InChI is InChI=1S/C21H23FN2O4/c1-21(2,3)28-20(26)24-17-11-10-16(27-4)13-18(17)23-19(25)12-7-14-5-8-15(22)9-6-14/h5-13H,1-4H3,(H,23,25)(H,24,26). The predicted molar refractivity (Wildman–Crippen MR) is 107 cm³/mol. The second kappa shape index (κ2) is 9.03. The number of amides is 2. The van der Waals surface area contributed by atoms with E-state index in [2.05, 4.69) is 10.6 Å². The maximum atomic E-state index is 12.9. The lowest BCUT2D eigenvalue weighted by molar-refractivity contribution is -0.111. The van der Waals surface area contributed by atoms with Crippen LogP contribution in [-0.4, -0.2) is 24.7 Å². The van der Waals surface area contributed by atoms with Crippen molar-refractivity contribution in [3.8, 4) is 5.75 Å². The minimum Gasteiger partial charge on any atom is -0.497 e. The van der Waals surface area contributed by atoms with Gasteiger partial charge in [-0.3, -0.25) is 10.1 Å². The Hall–Kier alpha value is -3.35. The van der Waals surface area contributed by atoms with E-state index in [1.807, 2.05) is 0 Å². The van der Waals surface area contributed by atoms with Crippen LogP contribution in [-0.2, 0) is 9.53 Å². The van der Waals surface area contributed by atoms with E-state index in [1.54, 1.807) is 57.2 Å². The minimum absolute atomic E-state index is 0.346. The summed E-state index contributed by atoms with van der Waals surface area (Å²) in [5.41, 5.74) is 0.726. The fraction of sp³-hybridized carbons (Fsp3) is 0.238. The highest BCUT2D eigenvalue weighted by molar-refractivity contribution is 6.05. The van der Waals surface area contributed by atoms with Crippen LogP contribution in [0.1, 0.15) is 26.3 Å². The van der Waals surface area contributed by atoms with E-state index < -0.39 is 17.6 Å². The summed E-state index contributed by atoms with van der Waals surface area (Å²) in [4.78, 5) is 24.3. The zero-order chi connectivity index (χ0) is 20.7. The first-order valence-electron chi connectivity index (χ1n) is 8.59. The van der Waals surface area contributed by atoms with Gasteiger partial charge in [-0.1, -0.05) is 12.1 Å². The van der Waals surface area contributed by atoms with Gasteiger partial charge >= 0.3 is 6.09 Å². The highest BCUT2D eigenvalue weighted by Gasteiger charge is 2.18.